The van der Waals surface area contributed by atoms with E-state index in [0.29, 0.717) is 23.9 Å². The van der Waals surface area contributed by atoms with Gasteiger partial charge in [0.1, 0.15) is 0 Å². The summed E-state index contributed by atoms with van der Waals surface area (Å²) in [5.74, 6) is -0.679. The number of carbonyl (C=O) groups is 3. The number of amides is 3. The zero-order valence-electron chi connectivity index (χ0n) is 14.6. The fourth-order valence-electron chi connectivity index (χ4n) is 2.83. The van der Waals surface area contributed by atoms with Crippen molar-refractivity contribution in [3.8, 4) is 0 Å². The van der Waals surface area contributed by atoms with Crippen molar-refractivity contribution < 1.29 is 14.4 Å². The van der Waals surface area contributed by atoms with Crippen molar-refractivity contribution >= 4 is 29.1 Å². The van der Waals surface area contributed by atoms with E-state index in [1.165, 1.54) is 11.3 Å². The number of hydrazine groups is 1. The fraction of sp³-hybridized carbons (Fsp3) is 0.588. The lowest BCUT2D eigenvalue weighted by Crippen LogP contribution is -2.45. The number of likely N-dealkylation sites (tertiary alicyclic amines) is 1. The van der Waals surface area contributed by atoms with Crippen LogP contribution in [0.25, 0.3) is 0 Å². The molecule has 0 saturated carbocycles. The molecular weight excluding hydrogens is 326 g/mol. The first-order valence-corrected chi connectivity index (χ1v) is 9.10. The normalized spacial score (nSPS) is 17.5. The Morgan fingerprint density at radius 3 is 2.67 bits per heavy atom. The molecule has 1 aliphatic heterocycles. The Kier molecular flexibility index (Phi) is 5.99. The monoisotopic (exact) mass is 351 g/mol. The molecule has 3 amide bonds. The number of carbonyl (C=O) groups excluding carboxylic acids is 3. The van der Waals surface area contributed by atoms with Crippen LogP contribution in [0, 0.1) is 18.8 Å². The van der Waals surface area contributed by atoms with E-state index in [1.807, 2.05) is 33.8 Å². The molecule has 0 aromatic carbocycles. The molecule has 2 rings (SSSR count). The SMILES string of the molecule is CCc1sc(C(=O)NNC(=O)[C@@H]2CC(=O)N(CC(C)C)C2)cc1C. The Balaban J connectivity index is 1.86. The van der Waals surface area contributed by atoms with Crippen LogP contribution in [0.3, 0.4) is 0 Å². The quantitative estimate of drug-likeness (QED) is 0.795. The summed E-state index contributed by atoms with van der Waals surface area (Å²) < 4.78 is 0. The summed E-state index contributed by atoms with van der Waals surface area (Å²) in [6, 6.07) is 1.83. The average Bonchev–Trinajstić information content (AvgIpc) is 3.07. The van der Waals surface area contributed by atoms with Crippen molar-refractivity contribution in [3.63, 3.8) is 0 Å². The van der Waals surface area contributed by atoms with E-state index in [1.54, 1.807) is 4.90 Å². The van der Waals surface area contributed by atoms with Gasteiger partial charge in [-0.15, -0.1) is 11.3 Å². The second-order valence-electron chi connectivity index (χ2n) is 6.61. The number of hydrogen-bond donors (Lipinski definition) is 2. The smallest absolute Gasteiger partial charge is 0.279 e. The van der Waals surface area contributed by atoms with Crippen LogP contribution in [0.5, 0.6) is 0 Å². The van der Waals surface area contributed by atoms with Crippen LogP contribution in [0.2, 0.25) is 0 Å². The zero-order valence-corrected chi connectivity index (χ0v) is 15.5. The van der Waals surface area contributed by atoms with E-state index < -0.39 is 5.92 Å². The molecule has 24 heavy (non-hydrogen) atoms. The van der Waals surface area contributed by atoms with Gasteiger partial charge in [-0.3, -0.25) is 25.2 Å². The molecule has 0 aliphatic carbocycles. The zero-order chi connectivity index (χ0) is 17.9. The molecule has 2 heterocycles. The molecule has 0 unspecified atom stereocenters. The minimum absolute atomic E-state index is 0.00311. The van der Waals surface area contributed by atoms with Crippen LogP contribution >= 0.6 is 11.3 Å². The van der Waals surface area contributed by atoms with Gasteiger partial charge in [0, 0.05) is 24.4 Å². The lowest BCUT2D eigenvalue weighted by Gasteiger charge is -2.18. The Morgan fingerprint density at radius 2 is 2.08 bits per heavy atom. The Bertz CT molecular complexity index is 639. The van der Waals surface area contributed by atoms with E-state index in [4.69, 9.17) is 0 Å². The van der Waals surface area contributed by atoms with Gasteiger partial charge in [-0.2, -0.15) is 0 Å². The molecule has 7 heteroatoms. The Labute approximate surface area is 146 Å². The molecular formula is C17H25N3O3S. The summed E-state index contributed by atoms with van der Waals surface area (Å²) in [6.07, 6.45) is 1.08. The number of rotatable bonds is 5. The third-order valence-electron chi connectivity index (χ3n) is 4.04. The second kappa shape index (κ2) is 7.79. The van der Waals surface area contributed by atoms with Gasteiger partial charge in [0.15, 0.2) is 0 Å². The molecule has 1 saturated heterocycles. The van der Waals surface area contributed by atoms with E-state index in [0.717, 1.165) is 16.9 Å². The van der Waals surface area contributed by atoms with E-state index in [9.17, 15) is 14.4 Å². The number of thiophene rings is 1. The maximum Gasteiger partial charge on any atom is 0.279 e. The highest BCUT2D eigenvalue weighted by Crippen LogP contribution is 2.22. The molecule has 6 nitrogen and oxygen atoms in total. The van der Waals surface area contributed by atoms with Crippen LogP contribution in [0.4, 0.5) is 0 Å². The number of hydrogen-bond acceptors (Lipinski definition) is 4. The summed E-state index contributed by atoms with van der Waals surface area (Å²) in [5, 5.41) is 0. The second-order valence-corrected chi connectivity index (χ2v) is 7.74. The van der Waals surface area contributed by atoms with Crippen molar-refractivity contribution in [3.05, 3.63) is 21.4 Å². The van der Waals surface area contributed by atoms with Crippen LogP contribution < -0.4 is 10.9 Å². The van der Waals surface area contributed by atoms with Crippen LogP contribution in [0.15, 0.2) is 6.07 Å². The van der Waals surface area contributed by atoms with Crippen LogP contribution in [-0.4, -0.2) is 35.7 Å². The summed E-state index contributed by atoms with van der Waals surface area (Å²) in [4.78, 5) is 39.7. The predicted molar refractivity (Wildman–Crippen MR) is 93.6 cm³/mol. The molecule has 0 spiro atoms. The van der Waals surface area contributed by atoms with Crippen molar-refractivity contribution in [2.75, 3.05) is 13.1 Å². The van der Waals surface area contributed by atoms with Crippen molar-refractivity contribution in [1.29, 1.82) is 0 Å². The van der Waals surface area contributed by atoms with Gasteiger partial charge in [0.2, 0.25) is 11.8 Å². The minimum atomic E-state index is -0.409. The molecule has 132 valence electrons. The molecule has 1 atom stereocenters. The van der Waals surface area contributed by atoms with Crippen molar-refractivity contribution in [2.45, 2.75) is 40.5 Å². The molecule has 1 fully saturated rings. The molecule has 0 radical (unpaired) electrons. The van der Waals surface area contributed by atoms with E-state index in [2.05, 4.69) is 10.9 Å². The molecule has 1 aromatic rings. The van der Waals surface area contributed by atoms with Crippen LogP contribution in [-0.2, 0) is 16.0 Å². The Hall–Kier alpha value is -1.89. The van der Waals surface area contributed by atoms with Gasteiger partial charge in [0.05, 0.1) is 10.8 Å². The summed E-state index contributed by atoms with van der Waals surface area (Å²) in [7, 11) is 0. The maximum atomic E-state index is 12.2. The highest BCUT2D eigenvalue weighted by Gasteiger charge is 2.34. The molecule has 1 aliphatic rings. The first kappa shape index (κ1) is 18.4. The van der Waals surface area contributed by atoms with Gasteiger partial charge in [-0.05, 0) is 30.9 Å². The van der Waals surface area contributed by atoms with Gasteiger partial charge in [-0.25, -0.2) is 0 Å². The first-order valence-electron chi connectivity index (χ1n) is 8.29. The minimum Gasteiger partial charge on any atom is -0.342 e. The van der Waals surface area contributed by atoms with Crippen molar-refractivity contribution in [1.82, 2.24) is 15.8 Å². The first-order chi connectivity index (χ1) is 11.3. The largest absolute Gasteiger partial charge is 0.342 e. The Morgan fingerprint density at radius 1 is 1.38 bits per heavy atom. The number of nitrogens with one attached hydrogen (secondary N) is 2. The molecule has 2 N–H and O–H groups in total. The van der Waals surface area contributed by atoms with Gasteiger partial charge in [-0.1, -0.05) is 20.8 Å². The fourth-order valence-corrected chi connectivity index (χ4v) is 3.84. The molecule has 0 bridgehead atoms. The lowest BCUT2D eigenvalue weighted by molar-refractivity contribution is -0.129. The standard InChI is InChI=1S/C17H25N3O3S/c1-5-13-11(4)6-14(24-13)17(23)19-18-16(22)12-7-15(21)20(9-12)8-10(2)3/h6,10,12H,5,7-9H2,1-4H3,(H,18,22)(H,19,23)/t12-/m1/s1. The molecule has 1 aromatic heterocycles. The van der Waals surface area contributed by atoms with Crippen molar-refractivity contribution in [2.24, 2.45) is 11.8 Å². The highest BCUT2D eigenvalue weighted by atomic mass is 32.1. The number of aryl methyl sites for hydroxylation is 2. The predicted octanol–water partition coefficient (Wildman–Crippen LogP) is 1.88. The van der Waals surface area contributed by atoms with Crippen LogP contribution in [0.1, 0.15) is 47.3 Å². The van der Waals surface area contributed by atoms with Gasteiger partial charge < -0.3 is 4.90 Å². The van der Waals surface area contributed by atoms with Gasteiger partial charge in [0.25, 0.3) is 5.91 Å². The third kappa shape index (κ3) is 4.35. The summed E-state index contributed by atoms with van der Waals surface area (Å²) in [6.45, 7) is 9.16. The topological polar surface area (TPSA) is 78.5 Å². The summed E-state index contributed by atoms with van der Waals surface area (Å²) in [5.41, 5.74) is 5.99. The average molecular weight is 351 g/mol. The van der Waals surface area contributed by atoms with E-state index >= 15 is 0 Å². The third-order valence-corrected chi connectivity index (χ3v) is 5.42. The highest BCUT2D eigenvalue weighted by molar-refractivity contribution is 7.14. The lowest BCUT2D eigenvalue weighted by atomic mass is 10.1. The van der Waals surface area contributed by atoms with E-state index in [-0.39, 0.29) is 24.1 Å². The maximum absolute atomic E-state index is 12.2. The summed E-state index contributed by atoms with van der Waals surface area (Å²) >= 11 is 1.43. The number of nitrogens with zero attached hydrogens (tertiary/aromatic N) is 1. The van der Waals surface area contributed by atoms with Gasteiger partial charge >= 0.3 is 0 Å².